The second-order valence-electron chi connectivity index (χ2n) is 5.30. The Labute approximate surface area is 120 Å². The van der Waals surface area contributed by atoms with Gasteiger partial charge in [-0.25, -0.2) is 4.98 Å². The lowest BCUT2D eigenvalue weighted by Gasteiger charge is -2.27. The molecule has 0 amide bonds. The summed E-state index contributed by atoms with van der Waals surface area (Å²) in [6.45, 7) is 7.52. The normalized spacial score (nSPS) is 16.0. The molecule has 0 spiro atoms. The van der Waals surface area contributed by atoms with Crippen LogP contribution in [0.3, 0.4) is 0 Å². The molecule has 0 aromatic carbocycles. The monoisotopic (exact) mass is 282 g/mol. The van der Waals surface area contributed by atoms with Gasteiger partial charge in [-0.2, -0.15) is 0 Å². The number of methoxy groups -OCH3 is 1. The summed E-state index contributed by atoms with van der Waals surface area (Å²) in [5, 5.41) is 4.75. The van der Waals surface area contributed by atoms with Gasteiger partial charge in [-0.1, -0.05) is 20.8 Å². The first-order valence-corrected chi connectivity index (χ1v) is 8.28. The van der Waals surface area contributed by atoms with Crippen molar-refractivity contribution in [2.24, 2.45) is 0 Å². The van der Waals surface area contributed by atoms with Crippen molar-refractivity contribution in [2.75, 3.05) is 7.11 Å². The molecule has 108 valence electrons. The summed E-state index contributed by atoms with van der Waals surface area (Å²) in [5.74, 6) is 0. The molecule has 1 fully saturated rings. The van der Waals surface area contributed by atoms with Gasteiger partial charge in [-0.05, 0) is 32.1 Å². The predicted molar refractivity (Wildman–Crippen MR) is 80.6 cm³/mol. The predicted octanol–water partition coefficient (Wildman–Crippen LogP) is 3.62. The molecule has 0 aliphatic heterocycles. The molecule has 1 aromatic heterocycles. The van der Waals surface area contributed by atoms with Crippen molar-refractivity contribution in [3.05, 3.63) is 15.6 Å². The van der Waals surface area contributed by atoms with E-state index in [2.05, 4.69) is 26.1 Å². The maximum atomic E-state index is 5.80. The third-order valence-electron chi connectivity index (χ3n) is 4.16. The van der Waals surface area contributed by atoms with Gasteiger partial charge < -0.3 is 10.1 Å². The molecular formula is C15H26N2OS. The van der Waals surface area contributed by atoms with Crippen LogP contribution in [0.1, 0.15) is 62.0 Å². The van der Waals surface area contributed by atoms with E-state index in [0.717, 1.165) is 36.9 Å². The average molecular weight is 282 g/mol. The minimum absolute atomic E-state index is 0.188. The van der Waals surface area contributed by atoms with Crippen molar-refractivity contribution < 1.29 is 4.74 Å². The molecule has 4 heteroatoms. The molecule has 2 rings (SSSR count). The summed E-state index contributed by atoms with van der Waals surface area (Å²) in [7, 11) is 1.81. The standard InChI is InChI=1S/C15H26N2OS/c1-5-12-13(10-16-11-8-9-11)19-14(17-12)15(6-2,7-3)18-4/h11,16H,5-10H2,1-4H3. The van der Waals surface area contributed by atoms with Crippen LogP contribution >= 0.6 is 11.3 Å². The summed E-state index contributed by atoms with van der Waals surface area (Å²) in [4.78, 5) is 6.26. The molecule has 0 unspecified atom stereocenters. The Morgan fingerprint density at radius 2 is 2.00 bits per heavy atom. The second kappa shape index (κ2) is 6.33. The van der Waals surface area contributed by atoms with E-state index in [0.29, 0.717) is 0 Å². The summed E-state index contributed by atoms with van der Waals surface area (Å²) >= 11 is 1.84. The largest absolute Gasteiger partial charge is 0.371 e. The fraction of sp³-hybridized carbons (Fsp3) is 0.800. The summed E-state index contributed by atoms with van der Waals surface area (Å²) in [5.41, 5.74) is 1.06. The molecule has 1 aliphatic carbocycles. The highest BCUT2D eigenvalue weighted by molar-refractivity contribution is 7.11. The van der Waals surface area contributed by atoms with Crippen molar-refractivity contribution in [1.82, 2.24) is 10.3 Å². The summed E-state index contributed by atoms with van der Waals surface area (Å²) < 4.78 is 5.80. The quantitative estimate of drug-likeness (QED) is 0.791. The molecule has 1 N–H and O–H groups in total. The number of thiazole rings is 1. The van der Waals surface area contributed by atoms with Crippen molar-refractivity contribution in [3.8, 4) is 0 Å². The van der Waals surface area contributed by atoms with E-state index in [1.807, 2.05) is 18.4 Å². The van der Waals surface area contributed by atoms with E-state index in [4.69, 9.17) is 9.72 Å². The molecule has 1 heterocycles. The molecule has 0 atom stereocenters. The Kier molecular flexibility index (Phi) is 4.98. The van der Waals surface area contributed by atoms with Gasteiger partial charge in [0.05, 0.1) is 5.69 Å². The van der Waals surface area contributed by atoms with E-state index in [-0.39, 0.29) is 5.60 Å². The van der Waals surface area contributed by atoms with Gasteiger partial charge in [0.2, 0.25) is 0 Å². The number of aromatic nitrogens is 1. The van der Waals surface area contributed by atoms with Crippen LogP contribution in [0.15, 0.2) is 0 Å². The molecule has 1 saturated carbocycles. The molecule has 0 radical (unpaired) electrons. The van der Waals surface area contributed by atoms with Crippen molar-refractivity contribution in [2.45, 2.75) is 71.1 Å². The Morgan fingerprint density at radius 1 is 1.32 bits per heavy atom. The highest BCUT2D eigenvalue weighted by Crippen LogP contribution is 2.36. The van der Waals surface area contributed by atoms with Crippen molar-refractivity contribution >= 4 is 11.3 Å². The first kappa shape index (κ1) is 14.9. The SMILES string of the molecule is CCc1nc(C(CC)(CC)OC)sc1CNC1CC1. The summed E-state index contributed by atoms with van der Waals surface area (Å²) in [6.07, 6.45) is 5.63. The van der Waals surface area contributed by atoms with E-state index in [1.54, 1.807) is 0 Å². The Bertz CT molecular complexity index is 400. The van der Waals surface area contributed by atoms with Crippen LogP contribution in [0, 0.1) is 0 Å². The van der Waals surface area contributed by atoms with Gasteiger partial charge in [0, 0.05) is 24.6 Å². The third kappa shape index (κ3) is 3.18. The molecular weight excluding hydrogens is 256 g/mol. The van der Waals surface area contributed by atoms with E-state index in [1.165, 1.54) is 23.4 Å². The zero-order valence-electron chi connectivity index (χ0n) is 12.6. The highest BCUT2D eigenvalue weighted by atomic mass is 32.1. The molecule has 3 nitrogen and oxygen atoms in total. The second-order valence-corrected chi connectivity index (χ2v) is 6.39. The fourth-order valence-electron chi connectivity index (χ4n) is 2.45. The van der Waals surface area contributed by atoms with E-state index < -0.39 is 0 Å². The van der Waals surface area contributed by atoms with Crippen LogP contribution in [0.25, 0.3) is 0 Å². The number of ether oxygens (including phenoxy) is 1. The number of hydrogen-bond acceptors (Lipinski definition) is 4. The van der Waals surface area contributed by atoms with Crippen molar-refractivity contribution in [3.63, 3.8) is 0 Å². The lowest BCUT2D eigenvalue weighted by molar-refractivity contribution is -0.0219. The number of hydrogen-bond donors (Lipinski definition) is 1. The number of rotatable bonds is 8. The maximum Gasteiger partial charge on any atom is 0.125 e. The Hall–Kier alpha value is -0.450. The highest BCUT2D eigenvalue weighted by Gasteiger charge is 2.32. The number of nitrogens with zero attached hydrogens (tertiary/aromatic N) is 1. The lowest BCUT2D eigenvalue weighted by atomic mass is 9.98. The van der Waals surface area contributed by atoms with Crippen LogP contribution in [0.4, 0.5) is 0 Å². The Balaban J connectivity index is 2.20. The lowest BCUT2D eigenvalue weighted by Crippen LogP contribution is -2.26. The smallest absolute Gasteiger partial charge is 0.125 e. The first-order chi connectivity index (χ1) is 9.19. The van der Waals surface area contributed by atoms with Gasteiger partial charge >= 0.3 is 0 Å². The maximum absolute atomic E-state index is 5.80. The number of aryl methyl sites for hydroxylation is 1. The third-order valence-corrected chi connectivity index (χ3v) is 5.45. The average Bonchev–Trinajstić information content (AvgIpc) is 3.19. The topological polar surface area (TPSA) is 34.1 Å². The van der Waals surface area contributed by atoms with Crippen LogP contribution in [-0.2, 0) is 23.3 Å². The van der Waals surface area contributed by atoms with E-state index >= 15 is 0 Å². The van der Waals surface area contributed by atoms with Gasteiger partial charge in [-0.15, -0.1) is 11.3 Å². The molecule has 1 aliphatic rings. The minimum atomic E-state index is -0.188. The zero-order chi connectivity index (χ0) is 13.9. The van der Waals surface area contributed by atoms with Crippen LogP contribution in [0.5, 0.6) is 0 Å². The Morgan fingerprint density at radius 3 is 2.47 bits per heavy atom. The summed E-state index contributed by atoms with van der Waals surface area (Å²) in [6, 6.07) is 0.750. The van der Waals surface area contributed by atoms with Gasteiger partial charge in [-0.3, -0.25) is 0 Å². The van der Waals surface area contributed by atoms with Crippen LogP contribution in [0.2, 0.25) is 0 Å². The first-order valence-electron chi connectivity index (χ1n) is 7.46. The van der Waals surface area contributed by atoms with Gasteiger partial charge in [0.1, 0.15) is 10.6 Å². The van der Waals surface area contributed by atoms with E-state index in [9.17, 15) is 0 Å². The fourth-order valence-corrected chi connectivity index (χ4v) is 3.86. The van der Waals surface area contributed by atoms with Gasteiger partial charge in [0.15, 0.2) is 0 Å². The number of nitrogens with one attached hydrogen (secondary N) is 1. The molecule has 19 heavy (non-hydrogen) atoms. The van der Waals surface area contributed by atoms with Crippen LogP contribution in [-0.4, -0.2) is 18.1 Å². The van der Waals surface area contributed by atoms with Crippen LogP contribution < -0.4 is 5.32 Å². The molecule has 0 saturated heterocycles. The minimum Gasteiger partial charge on any atom is -0.371 e. The molecule has 0 bridgehead atoms. The van der Waals surface area contributed by atoms with Crippen molar-refractivity contribution in [1.29, 1.82) is 0 Å². The molecule has 1 aromatic rings. The zero-order valence-corrected chi connectivity index (χ0v) is 13.4. The van der Waals surface area contributed by atoms with Gasteiger partial charge in [0.25, 0.3) is 0 Å².